The van der Waals surface area contributed by atoms with Gasteiger partial charge in [0.05, 0.1) is 18.2 Å². The maximum absolute atomic E-state index is 12.9. The van der Waals surface area contributed by atoms with Gasteiger partial charge in [-0.2, -0.15) is 13.2 Å². The maximum atomic E-state index is 12.9. The van der Waals surface area contributed by atoms with Crippen molar-refractivity contribution in [1.82, 2.24) is 5.32 Å². The third-order valence-corrected chi connectivity index (χ3v) is 4.35. The number of hydrogen-bond acceptors (Lipinski definition) is 3. The van der Waals surface area contributed by atoms with E-state index in [0.29, 0.717) is 6.42 Å². The van der Waals surface area contributed by atoms with E-state index in [1.807, 2.05) is 0 Å². The first-order valence-electron chi connectivity index (χ1n) is 8.69. The molecule has 0 aliphatic rings. The van der Waals surface area contributed by atoms with E-state index in [0.717, 1.165) is 37.8 Å². The molecule has 27 heavy (non-hydrogen) atoms. The van der Waals surface area contributed by atoms with E-state index in [2.05, 4.69) is 16.8 Å². The topological polar surface area (TPSA) is 95.9 Å². The van der Waals surface area contributed by atoms with Crippen molar-refractivity contribution in [3.05, 3.63) is 35.4 Å². The summed E-state index contributed by atoms with van der Waals surface area (Å²) in [6, 6.07) is 3.10. The number of phosphoric ester groups is 1. The van der Waals surface area contributed by atoms with Crippen molar-refractivity contribution in [3.8, 4) is 0 Å². The summed E-state index contributed by atoms with van der Waals surface area (Å²) < 4.78 is 54.0. The van der Waals surface area contributed by atoms with Crippen molar-refractivity contribution in [2.24, 2.45) is 0 Å². The van der Waals surface area contributed by atoms with Crippen LogP contribution in [0.25, 0.3) is 0 Å². The molecule has 0 saturated carbocycles. The monoisotopic (exact) mass is 411 g/mol. The molecule has 0 saturated heterocycles. The molecule has 0 spiro atoms. The van der Waals surface area contributed by atoms with Crippen molar-refractivity contribution < 1.29 is 36.8 Å². The second-order valence-electron chi connectivity index (χ2n) is 6.19. The van der Waals surface area contributed by atoms with Gasteiger partial charge in [-0.25, -0.2) is 4.57 Å². The molecule has 6 nitrogen and oxygen atoms in total. The zero-order valence-corrected chi connectivity index (χ0v) is 15.9. The van der Waals surface area contributed by atoms with E-state index in [1.165, 1.54) is 12.1 Å². The number of carbonyl (C=O) groups excluding carboxylic acids is 1. The van der Waals surface area contributed by atoms with Gasteiger partial charge in [-0.05, 0) is 24.1 Å². The lowest BCUT2D eigenvalue weighted by atomic mass is 10.0. The molecule has 0 aliphatic heterocycles. The Hall–Kier alpha value is -1.41. The van der Waals surface area contributed by atoms with Crippen LogP contribution in [0.2, 0.25) is 0 Å². The molecule has 0 fully saturated rings. The predicted octanol–water partition coefficient (Wildman–Crippen LogP) is 4.33. The smallest absolute Gasteiger partial charge is 0.347 e. The third-order valence-electron chi connectivity index (χ3n) is 3.87. The Labute approximate surface area is 156 Å². The summed E-state index contributed by atoms with van der Waals surface area (Å²) in [6.45, 7) is 1.42. The highest BCUT2D eigenvalue weighted by molar-refractivity contribution is 7.46. The predicted molar refractivity (Wildman–Crippen MR) is 93.7 cm³/mol. The minimum atomic E-state index is -4.84. The van der Waals surface area contributed by atoms with Gasteiger partial charge in [0.15, 0.2) is 0 Å². The van der Waals surface area contributed by atoms with Gasteiger partial charge in [0, 0.05) is 6.42 Å². The van der Waals surface area contributed by atoms with Gasteiger partial charge < -0.3 is 15.1 Å². The Bertz CT molecular complexity index is 648. The van der Waals surface area contributed by atoms with Crippen LogP contribution in [-0.2, 0) is 20.1 Å². The zero-order chi connectivity index (χ0) is 20.5. The van der Waals surface area contributed by atoms with Crippen molar-refractivity contribution >= 4 is 13.7 Å². The molecule has 3 N–H and O–H groups in total. The second kappa shape index (κ2) is 10.8. The van der Waals surface area contributed by atoms with Gasteiger partial charge in [-0.15, -0.1) is 0 Å². The molecule has 1 unspecified atom stereocenters. The SMILES string of the molecule is CCCCCCCC(=O)NC(COP(=O)(O)O)c1cccc(C(F)(F)F)c1. The fourth-order valence-electron chi connectivity index (χ4n) is 2.48. The number of alkyl halides is 3. The second-order valence-corrected chi connectivity index (χ2v) is 7.43. The van der Waals surface area contributed by atoms with E-state index in [1.54, 1.807) is 0 Å². The molecule has 0 aromatic heterocycles. The molecule has 1 rings (SSSR count). The Morgan fingerprint density at radius 1 is 1.22 bits per heavy atom. The summed E-state index contributed by atoms with van der Waals surface area (Å²) in [5.41, 5.74) is -0.868. The first-order valence-corrected chi connectivity index (χ1v) is 10.2. The van der Waals surface area contributed by atoms with Gasteiger partial charge in [-0.3, -0.25) is 9.32 Å². The summed E-state index contributed by atoms with van der Waals surface area (Å²) in [4.78, 5) is 29.8. The summed E-state index contributed by atoms with van der Waals surface area (Å²) in [6.07, 6.45) is 0.189. The summed E-state index contributed by atoms with van der Waals surface area (Å²) >= 11 is 0. The maximum Gasteiger partial charge on any atom is 0.469 e. The number of benzene rings is 1. The fourth-order valence-corrected chi connectivity index (χ4v) is 2.82. The summed E-state index contributed by atoms with van der Waals surface area (Å²) in [7, 11) is -4.84. The first-order chi connectivity index (χ1) is 12.5. The van der Waals surface area contributed by atoms with E-state index in [-0.39, 0.29) is 12.0 Å². The van der Waals surface area contributed by atoms with Gasteiger partial charge >= 0.3 is 14.0 Å². The van der Waals surface area contributed by atoms with Crippen LogP contribution < -0.4 is 5.32 Å². The molecule has 10 heteroatoms. The van der Waals surface area contributed by atoms with Crippen LogP contribution in [0.4, 0.5) is 13.2 Å². The number of hydrogen-bond donors (Lipinski definition) is 3. The van der Waals surface area contributed by atoms with E-state index < -0.39 is 38.1 Å². The van der Waals surface area contributed by atoms with Crippen LogP contribution >= 0.6 is 7.82 Å². The Balaban J connectivity index is 2.81. The molecular formula is C17H25F3NO5P. The van der Waals surface area contributed by atoms with Crippen LogP contribution in [0, 0.1) is 0 Å². The first kappa shape index (κ1) is 23.6. The lowest BCUT2D eigenvalue weighted by Crippen LogP contribution is -2.31. The molecule has 1 amide bonds. The number of rotatable bonds is 11. The molecular weight excluding hydrogens is 386 g/mol. The largest absolute Gasteiger partial charge is 0.469 e. The molecule has 0 bridgehead atoms. The van der Waals surface area contributed by atoms with Crippen molar-refractivity contribution in [2.75, 3.05) is 6.61 Å². The van der Waals surface area contributed by atoms with Crippen molar-refractivity contribution in [3.63, 3.8) is 0 Å². The van der Waals surface area contributed by atoms with Gasteiger partial charge in [0.25, 0.3) is 0 Å². The van der Waals surface area contributed by atoms with Crippen molar-refractivity contribution in [1.29, 1.82) is 0 Å². The zero-order valence-electron chi connectivity index (χ0n) is 15.0. The molecule has 0 radical (unpaired) electrons. The molecule has 1 aromatic rings. The van der Waals surface area contributed by atoms with Crippen molar-refractivity contribution in [2.45, 2.75) is 57.7 Å². The Kier molecular flexibility index (Phi) is 9.45. The molecule has 1 aromatic carbocycles. The lowest BCUT2D eigenvalue weighted by molar-refractivity contribution is -0.137. The standard InChI is InChI=1S/C17H25F3NO5P/c1-2-3-4-5-6-10-16(22)21-15(12-26-27(23,24)25)13-8-7-9-14(11-13)17(18,19)20/h7-9,11,15H,2-6,10,12H2,1H3,(H,21,22)(H2,23,24,25). The Morgan fingerprint density at radius 3 is 2.48 bits per heavy atom. The normalized spacial score (nSPS) is 13.4. The van der Waals surface area contributed by atoms with Gasteiger partial charge in [0.1, 0.15) is 0 Å². The number of halogens is 3. The number of unbranched alkanes of at least 4 members (excludes halogenated alkanes) is 4. The number of carbonyl (C=O) groups is 1. The summed E-state index contributed by atoms with van der Waals surface area (Å²) in [5, 5.41) is 2.50. The Morgan fingerprint density at radius 2 is 1.89 bits per heavy atom. The minimum absolute atomic E-state index is 0.0533. The van der Waals surface area contributed by atoms with E-state index in [9.17, 15) is 22.5 Å². The molecule has 1 atom stereocenters. The minimum Gasteiger partial charge on any atom is -0.347 e. The number of amides is 1. The highest BCUT2D eigenvalue weighted by Gasteiger charge is 2.31. The van der Waals surface area contributed by atoms with Crippen LogP contribution in [0.15, 0.2) is 24.3 Å². The molecule has 154 valence electrons. The van der Waals surface area contributed by atoms with Crippen LogP contribution in [-0.4, -0.2) is 22.3 Å². The highest BCUT2D eigenvalue weighted by Crippen LogP contribution is 2.37. The van der Waals surface area contributed by atoms with Gasteiger partial charge in [-0.1, -0.05) is 44.7 Å². The fraction of sp³-hybridized carbons (Fsp3) is 0.588. The quantitative estimate of drug-likeness (QED) is 0.372. The lowest BCUT2D eigenvalue weighted by Gasteiger charge is -2.20. The molecule has 0 aliphatic carbocycles. The average Bonchev–Trinajstić information content (AvgIpc) is 2.57. The van der Waals surface area contributed by atoms with Crippen LogP contribution in [0.3, 0.4) is 0 Å². The average molecular weight is 411 g/mol. The van der Waals surface area contributed by atoms with Crippen LogP contribution in [0.1, 0.15) is 62.6 Å². The van der Waals surface area contributed by atoms with E-state index in [4.69, 9.17) is 9.79 Å². The van der Waals surface area contributed by atoms with Crippen LogP contribution in [0.5, 0.6) is 0 Å². The third kappa shape index (κ3) is 9.91. The number of phosphoric acid groups is 1. The summed E-state index contributed by atoms with van der Waals surface area (Å²) in [5.74, 6) is -0.414. The number of nitrogens with one attached hydrogen (secondary N) is 1. The van der Waals surface area contributed by atoms with Gasteiger partial charge in [0.2, 0.25) is 5.91 Å². The van der Waals surface area contributed by atoms with E-state index >= 15 is 0 Å². The molecule has 0 heterocycles. The highest BCUT2D eigenvalue weighted by atomic mass is 31.2.